The standard InChI is InChI=1S/C48H88NO8P/c1-6-8-10-12-14-16-18-20-22-23-24-25-27-28-30-32-34-36-38-40-47(50)54-44-46(45-56-58(52,53)55-43-42-49(3,4)5)57-48(51)41-39-37-35-33-31-29-26-21-19-17-15-13-11-9-7-2/h14-17,20-22,26,46H,6-13,18-19,23-25,27-45H2,1-5H3/p+1/b16-14+,17-15+,22-20+,26-21+/t46-/m1/s1. The van der Waals surface area contributed by atoms with Crippen molar-refractivity contribution in [1.29, 1.82) is 0 Å². The lowest BCUT2D eigenvalue weighted by Crippen LogP contribution is -2.37. The summed E-state index contributed by atoms with van der Waals surface area (Å²) >= 11 is 0. The van der Waals surface area contributed by atoms with Gasteiger partial charge >= 0.3 is 19.8 Å². The number of ether oxygens (including phenoxy) is 2. The number of phosphoric ester groups is 1. The third-order valence-corrected chi connectivity index (χ3v) is 10.8. The summed E-state index contributed by atoms with van der Waals surface area (Å²) in [5, 5.41) is 0. The van der Waals surface area contributed by atoms with Crippen molar-refractivity contribution in [3.05, 3.63) is 48.6 Å². The summed E-state index contributed by atoms with van der Waals surface area (Å²) in [6.07, 6.45) is 47.2. The summed E-state index contributed by atoms with van der Waals surface area (Å²) in [4.78, 5) is 35.4. The van der Waals surface area contributed by atoms with E-state index in [2.05, 4.69) is 62.5 Å². The van der Waals surface area contributed by atoms with E-state index in [4.69, 9.17) is 18.5 Å². The first-order valence-corrected chi connectivity index (χ1v) is 24.9. The van der Waals surface area contributed by atoms with Crippen LogP contribution in [0.4, 0.5) is 0 Å². The van der Waals surface area contributed by atoms with Gasteiger partial charge in [-0.1, -0.05) is 152 Å². The molecule has 0 aliphatic rings. The number of phosphoric acid groups is 1. The molecule has 0 saturated carbocycles. The minimum absolute atomic E-state index is 0.0269. The maximum absolute atomic E-state index is 12.7. The molecule has 9 nitrogen and oxygen atoms in total. The van der Waals surface area contributed by atoms with Crippen LogP contribution in [0, 0.1) is 0 Å². The number of likely N-dealkylation sites (N-methyl/N-ethyl adjacent to an activating group) is 1. The van der Waals surface area contributed by atoms with Crippen molar-refractivity contribution in [2.75, 3.05) is 47.5 Å². The molecule has 0 aromatic heterocycles. The van der Waals surface area contributed by atoms with Crippen molar-refractivity contribution in [3.63, 3.8) is 0 Å². The van der Waals surface area contributed by atoms with Gasteiger partial charge in [0.05, 0.1) is 27.7 Å². The van der Waals surface area contributed by atoms with Gasteiger partial charge in [0, 0.05) is 12.8 Å². The highest BCUT2D eigenvalue weighted by Gasteiger charge is 2.27. The van der Waals surface area contributed by atoms with Gasteiger partial charge in [0.2, 0.25) is 0 Å². The van der Waals surface area contributed by atoms with Gasteiger partial charge in [-0.15, -0.1) is 0 Å². The maximum atomic E-state index is 12.7. The molecule has 0 aromatic carbocycles. The SMILES string of the molecule is CCCCC/C=C/C/C=C/CCCCCCCCCCCC(=O)OC[C@H](COP(=O)(O)OCC[N+](C)(C)C)OC(=O)CCCCCCC/C=C/C/C=C/CCCCC. The molecule has 338 valence electrons. The van der Waals surface area contributed by atoms with Crippen molar-refractivity contribution in [3.8, 4) is 0 Å². The number of carbonyl (C=O) groups excluding carboxylic acids is 2. The summed E-state index contributed by atoms with van der Waals surface area (Å²) < 4.78 is 34.3. The Bertz CT molecular complexity index is 1130. The maximum Gasteiger partial charge on any atom is 0.472 e. The van der Waals surface area contributed by atoms with Crippen LogP contribution in [0.1, 0.15) is 194 Å². The monoisotopic (exact) mass is 839 g/mol. The van der Waals surface area contributed by atoms with Crippen molar-refractivity contribution in [1.82, 2.24) is 0 Å². The number of allylic oxidation sites excluding steroid dienone is 8. The van der Waals surface area contributed by atoms with Crippen LogP contribution in [-0.4, -0.2) is 74.9 Å². The zero-order valence-corrected chi connectivity index (χ0v) is 38.9. The van der Waals surface area contributed by atoms with Crippen LogP contribution in [0.25, 0.3) is 0 Å². The highest BCUT2D eigenvalue weighted by Crippen LogP contribution is 2.43. The second-order valence-corrected chi connectivity index (χ2v) is 18.2. The van der Waals surface area contributed by atoms with E-state index in [1.807, 2.05) is 21.1 Å². The molecule has 0 amide bonds. The summed E-state index contributed by atoms with van der Waals surface area (Å²) in [6.45, 7) is 4.35. The van der Waals surface area contributed by atoms with Crippen LogP contribution < -0.4 is 0 Å². The lowest BCUT2D eigenvalue weighted by molar-refractivity contribution is -0.870. The smallest absolute Gasteiger partial charge is 0.462 e. The second-order valence-electron chi connectivity index (χ2n) is 16.8. The molecule has 1 N–H and O–H groups in total. The van der Waals surface area contributed by atoms with E-state index in [1.165, 1.54) is 96.3 Å². The van der Waals surface area contributed by atoms with Gasteiger partial charge in [-0.3, -0.25) is 18.6 Å². The summed E-state index contributed by atoms with van der Waals surface area (Å²) in [5.74, 6) is -0.819. The normalized spacial score (nSPS) is 14.0. The largest absolute Gasteiger partial charge is 0.472 e. The van der Waals surface area contributed by atoms with Gasteiger partial charge in [-0.2, -0.15) is 0 Å². The van der Waals surface area contributed by atoms with Crippen molar-refractivity contribution in [2.24, 2.45) is 0 Å². The van der Waals surface area contributed by atoms with Crippen LogP contribution >= 0.6 is 7.82 Å². The Labute approximate surface area is 356 Å². The highest BCUT2D eigenvalue weighted by molar-refractivity contribution is 7.47. The summed E-state index contributed by atoms with van der Waals surface area (Å²) in [7, 11) is 1.46. The number of esters is 2. The fraction of sp³-hybridized carbons (Fsp3) is 0.792. The fourth-order valence-electron chi connectivity index (χ4n) is 6.13. The number of unbranched alkanes of at least 4 members (excludes halogenated alkanes) is 20. The molecular formula is C48H89NO8P+. The first-order chi connectivity index (χ1) is 28.0. The summed E-state index contributed by atoms with van der Waals surface area (Å²) in [6, 6.07) is 0. The predicted octanol–water partition coefficient (Wildman–Crippen LogP) is 13.5. The van der Waals surface area contributed by atoms with E-state index >= 15 is 0 Å². The molecular weight excluding hydrogens is 750 g/mol. The van der Waals surface area contributed by atoms with Crippen molar-refractivity contribution >= 4 is 19.8 Å². The minimum Gasteiger partial charge on any atom is -0.462 e. The quantitative estimate of drug-likeness (QED) is 0.0213. The van der Waals surface area contributed by atoms with Crippen molar-refractivity contribution < 1.29 is 42.1 Å². The van der Waals surface area contributed by atoms with Crippen LogP contribution in [-0.2, 0) is 32.7 Å². The molecule has 0 radical (unpaired) electrons. The van der Waals surface area contributed by atoms with Crippen LogP contribution in [0.3, 0.4) is 0 Å². The lowest BCUT2D eigenvalue weighted by atomic mass is 10.1. The van der Waals surface area contributed by atoms with Crippen LogP contribution in [0.15, 0.2) is 48.6 Å². The van der Waals surface area contributed by atoms with Gasteiger partial charge in [-0.25, -0.2) is 4.57 Å². The fourth-order valence-corrected chi connectivity index (χ4v) is 6.87. The van der Waals surface area contributed by atoms with Crippen molar-refractivity contribution in [2.45, 2.75) is 200 Å². The zero-order chi connectivity index (χ0) is 42.8. The molecule has 0 rings (SSSR count). The van der Waals surface area contributed by atoms with E-state index in [9.17, 15) is 19.0 Å². The molecule has 0 aromatic rings. The first kappa shape index (κ1) is 56.0. The number of carbonyl (C=O) groups is 2. The molecule has 0 saturated heterocycles. The Hall–Kier alpha value is -2.03. The number of rotatable bonds is 42. The van der Waals surface area contributed by atoms with Gasteiger partial charge in [0.25, 0.3) is 0 Å². The molecule has 1 unspecified atom stereocenters. The van der Waals surface area contributed by atoms with E-state index < -0.39 is 26.5 Å². The third-order valence-electron chi connectivity index (χ3n) is 9.83. The minimum atomic E-state index is -4.38. The van der Waals surface area contributed by atoms with Gasteiger partial charge in [0.1, 0.15) is 19.8 Å². The second kappa shape index (κ2) is 40.4. The molecule has 58 heavy (non-hydrogen) atoms. The molecule has 0 aliphatic carbocycles. The average Bonchev–Trinajstić information content (AvgIpc) is 3.17. The first-order valence-electron chi connectivity index (χ1n) is 23.4. The Balaban J connectivity index is 4.33. The van der Waals surface area contributed by atoms with E-state index in [1.54, 1.807) is 0 Å². The highest BCUT2D eigenvalue weighted by atomic mass is 31.2. The molecule has 0 fully saturated rings. The molecule has 2 atom stereocenters. The van der Waals surface area contributed by atoms with Gasteiger partial charge in [0.15, 0.2) is 6.10 Å². The van der Waals surface area contributed by atoms with Gasteiger partial charge in [-0.05, 0) is 77.0 Å². The van der Waals surface area contributed by atoms with Gasteiger partial charge < -0.3 is 18.9 Å². The zero-order valence-electron chi connectivity index (χ0n) is 38.0. The molecule has 0 bridgehead atoms. The topological polar surface area (TPSA) is 108 Å². The lowest BCUT2D eigenvalue weighted by Gasteiger charge is -2.24. The predicted molar refractivity (Wildman–Crippen MR) is 243 cm³/mol. The molecule has 0 heterocycles. The third kappa shape index (κ3) is 43.5. The molecule has 10 heteroatoms. The molecule has 0 spiro atoms. The molecule has 0 aliphatic heterocycles. The van der Waals surface area contributed by atoms with Crippen LogP contribution in [0.2, 0.25) is 0 Å². The Morgan fingerprint density at radius 2 is 0.931 bits per heavy atom. The Kier molecular flexibility index (Phi) is 39.0. The average molecular weight is 839 g/mol. The summed E-state index contributed by atoms with van der Waals surface area (Å²) in [5.41, 5.74) is 0. The van der Waals surface area contributed by atoms with E-state index in [0.717, 1.165) is 64.2 Å². The number of nitrogens with zero attached hydrogens (tertiary/aromatic N) is 1. The number of quaternary nitrogens is 1. The number of hydrogen-bond acceptors (Lipinski definition) is 7. The number of hydrogen-bond donors (Lipinski definition) is 1. The van der Waals surface area contributed by atoms with E-state index in [0.29, 0.717) is 17.4 Å². The Morgan fingerprint density at radius 3 is 1.36 bits per heavy atom. The van der Waals surface area contributed by atoms with Crippen LogP contribution in [0.5, 0.6) is 0 Å². The van der Waals surface area contributed by atoms with E-state index in [-0.39, 0.29) is 32.0 Å². The Morgan fingerprint density at radius 1 is 0.534 bits per heavy atom.